The molecular formula is C18H24FN3. The number of aromatic amines is 1. The molecule has 3 nitrogen and oxygen atoms in total. The van der Waals surface area contributed by atoms with E-state index in [0.717, 1.165) is 36.1 Å². The van der Waals surface area contributed by atoms with Crippen LogP contribution in [0, 0.1) is 5.95 Å². The van der Waals surface area contributed by atoms with E-state index in [0.29, 0.717) is 6.04 Å². The van der Waals surface area contributed by atoms with Gasteiger partial charge in [-0.05, 0) is 31.5 Å². The van der Waals surface area contributed by atoms with Gasteiger partial charge < -0.3 is 4.98 Å². The van der Waals surface area contributed by atoms with E-state index >= 15 is 0 Å². The Balaban J connectivity index is 1.80. The SMILES string of the molecule is CCCCCCN1CC=CCC1c1c[nH]c2ccc(F)nc12. The molecule has 1 aliphatic rings. The van der Waals surface area contributed by atoms with E-state index in [4.69, 9.17) is 0 Å². The van der Waals surface area contributed by atoms with Gasteiger partial charge >= 0.3 is 0 Å². The van der Waals surface area contributed by atoms with E-state index in [1.165, 1.54) is 31.7 Å². The van der Waals surface area contributed by atoms with Crippen LogP contribution >= 0.6 is 0 Å². The Kier molecular flexibility index (Phi) is 4.88. The van der Waals surface area contributed by atoms with Crippen LogP contribution < -0.4 is 0 Å². The average molecular weight is 301 g/mol. The van der Waals surface area contributed by atoms with Crippen LogP contribution in [-0.2, 0) is 0 Å². The van der Waals surface area contributed by atoms with Crippen LogP contribution in [0.2, 0.25) is 0 Å². The third-order valence-electron chi connectivity index (χ3n) is 4.48. The van der Waals surface area contributed by atoms with Crippen molar-refractivity contribution in [2.24, 2.45) is 0 Å². The molecule has 4 heteroatoms. The minimum absolute atomic E-state index is 0.301. The van der Waals surface area contributed by atoms with Crippen molar-refractivity contribution in [1.29, 1.82) is 0 Å². The van der Waals surface area contributed by atoms with E-state index in [-0.39, 0.29) is 0 Å². The molecule has 1 atom stereocenters. The topological polar surface area (TPSA) is 31.9 Å². The van der Waals surface area contributed by atoms with Crippen molar-refractivity contribution in [3.63, 3.8) is 0 Å². The summed E-state index contributed by atoms with van der Waals surface area (Å²) in [5.41, 5.74) is 2.81. The summed E-state index contributed by atoms with van der Waals surface area (Å²) in [7, 11) is 0. The van der Waals surface area contributed by atoms with Gasteiger partial charge in [-0.15, -0.1) is 0 Å². The molecule has 1 N–H and O–H groups in total. The van der Waals surface area contributed by atoms with Gasteiger partial charge in [0.25, 0.3) is 0 Å². The fourth-order valence-electron chi connectivity index (χ4n) is 3.27. The van der Waals surface area contributed by atoms with Gasteiger partial charge in [0.15, 0.2) is 0 Å². The summed E-state index contributed by atoms with van der Waals surface area (Å²) in [6.07, 6.45) is 12.5. The van der Waals surface area contributed by atoms with Crippen LogP contribution in [0.4, 0.5) is 4.39 Å². The van der Waals surface area contributed by atoms with Crippen molar-refractivity contribution in [2.75, 3.05) is 13.1 Å². The fraction of sp³-hybridized carbons (Fsp3) is 0.500. The highest BCUT2D eigenvalue weighted by Gasteiger charge is 2.24. The highest BCUT2D eigenvalue weighted by molar-refractivity contribution is 5.79. The van der Waals surface area contributed by atoms with Crippen LogP contribution in [0.1, 0.15) is 50.6 Å². The lowest BCUT2D eigenvalue weighted by molar-refractivity contribution is 0.207. The molecule has 0 aromatic carbocycles. The van der Waals surface area contributed by atoms with Crippen LogP contribution in [-0.4, -0.2) is 28.0 Å². The van der Waals surface area contributed by atoms with E-state index in [9.17, 15) is 4.39 Å². The van der Waals surface area contributed by atoms with Crippen LogP contribution in [0.25, 0.3) is 11.0 Å². The molecule has 0 spiro atoms. The summed E-state index contributed by atoms with van der Waals surface area (Å²) in [4.78, 5) is 9.83. The van der Waals surface area contributed by atoms with Crippen molar-refractivity contribution in [3.05, 3.63) is 42.0 Å². The van der Waals surface area contributed by atoms with Crippen molar-refractivity contribution in [3.8, 4) is 0 Å². The zero-order valence-corrected chi connectivity index (χ0v) is 13.2. The Labute approximate surface area is 131 Å². The highest BCUT2D eigenvalue weighted by atomic mass is 19.1. The number of H-pyrrole nitrogens is 1. The van der Waals surface area contributed by atoms with Crippen molar-refractivity contribution < 1.29 is 4.39 Å². The van der Waals surface area contributed by atoms with Gasteiger partial charge in [-0.1, -0.05) is 38.3 Å². The molecule has 0 aliphatic carbocycles. The lowest BCUT2D eigenvalue weighted by Gasteiger charge is -2.32. The molecule has 0 radical (unpaired) electrons. The Morgan fingerprint density at radius 1 is 1.27 bits per heavy atom. The van der Waals surface area contributed by atoms with Crippen LogP contribution in [0.5, 0.6) is 0 Å². The molecule has 0 saturated carbocycles. The standard InChI is InChI=1S/C18H24FN3/c1-2-3-4-6-11-22-12-7-5-8-16(22)14-13-20-15-9-10-17(19)21-18(14)15/h5,7,9-10,13,16,20H,2-4,6,8,11-12H2,1H3. The maximum atomic E-state index is 13.5. The summed E-state index contributed by atoms with van der Waals surface area (Å²) in [6, 6.07) is 3.48. The predicted molar refractivity (Wildman–Crippen MR) is 88.3 cm³/mol. The van der Waals surface area contributed by atoms with Gasteiger partial charge in [0.2, 0.25) is 5.95 Å². The summed E-state index contributed by atoms with van der Waals surface area (Å²) in [5.74, 6) is -0.408. The second kappa shape index (κ2) is 7.05. The van der Waals surface area contributed by atoms with E-state index in [1.807, 2.05) is 6.20 Å². The molecule has 1 unspecified atom stereocenters. The van der Waals surface area contributed by atoms with Gasteiger partial charge in [-0.3, -0.25) is 4.90 Å². The number of nitrogens with one attached hydrogen (secondary N) is 1. The first-order valence-corrected chi connectivity index (χ1v) is 8.32. The Bertz CT molecular complexity index is 647. The molecule has 0 amide bonds. The molecule has 1 aliphatic heterocycles. The number of aromatic nitrogens is 2. The molecule has 0 fully saturated rings. The number of hydrogen-bond donors (Lipinski definition) is 1. The predicted octanol–water partition coefficient (Wildman–Crippen LogP) is 4.59. The highest BCUT2D eigenvalue weighted by Crippen LogP contribution is 2.32. The molecule has 118 valence electrons. The molecule has 3 heterocycles. The van der Waals surface area contributed by atoms with Crippen LogP contribution in [0.3, 0.4) is 0 Å². The average Bonchev–Trinajstić information content (AvgIpc) is 2.95. The number of nitrogens with zero attached hydrogens (tertiary/aromatic N) is 2. The first-order chi connectivity index (χ1) is 10.8. The number of fused-ring (bicyclic) bond motifs is 1. The smallest absolute Gasteiger partial charge is 0.213 e. The quantitative estimate of drug-likeness (QED) is 0.481. The first-order valence-electron chi connectivity index (χ1n) is 8.32. The second-order valence-corrected chi connectivity index (χ2v) is 6.05. The molecule has 2 aromatic rings. The lowest BCUT2D eigenvalue weighted by atomic mass is 10.00. The Hall–Kier alpha value is -1.68. The van der Waals surface area contributed by atoms with Gasteiger partial charge in [-0.25, -0.2) is 4.98 Å². The largest absolute Gasteiger partial charge is 0.360 e. The molecule has 3 rings (SSSR count). The number of halogens is 1. The molecular weight excluding hydrogens is 277 g/mol. The third-order valence-corrected chi connectivity index (χ3v) is 4.48. The third kappa shape index (κ3) is 3.22. The second-order valence-electron chi connectivity index (χ2n) is 6.05. The molecule has 0 saturated heterocycles. The van der Waals surface area contributed by atoms with Crippen molar-refractivity contribution >= 4 is 11.0 Å². The van der Waals surface area contributed by atoms with E-state index in [2.05, 4.69) is 33.9 Å². The fourth-order valence-corrected chi connectivity index (χ4v) is 3.27. The number of unbranched alkanes of at least 4 members (excludes halogenated alkanes) is 3. The van der Waals surface area contributed by atoms with E-state index < -0.39 is 5.95 Å². The minimum Gasteiger partial charge on any atom is -0.360 e. The van der Waals surface area contributed by atoms with Gasteiger partial charge in [-0.2, -0.15) is 4.39 Å². The maximum absolute atomic E-state index is 13.5. The lowest BCUT2D eigenvalue weighted by Crippen LogP contribution is -2.32. The normalized spacial score (nSPS) is 19.1. The Morgan fingerprint density at radius 3 is 3.05 bits per heavy atom. The molecule has 2 aromatic heterocycles. The summed E-state index contributed by atoms with van der Waals surface area (Å²) >= 11 is 0. The first kappa shape index (κ1) is 15.2. The van der Waals surface area contributed by atoms with Crippen molar-refractivity contribution in [2.45, 2.75) is 45.1 Å². The van der Waals surface area contributed by atoms with Gasteiger partial charge in [0.05, 0.1) is 11.0 Å². The summed E-state index contributed by atoms with van der Waals surface area (Å²) in [5, 5.41) is 0. The zero-order chi connectivity index (χ0) is 15.4. The summed E-state index contributed by atoms with van der Waals surface area (Å²) in [6.45, 7) is 4.30. The van der Waals surface area contributed by atoms with E-state index in [1.54, 1.807) is 6.07 Å². The number of pyridine rings is 1. The zero-order valence-electron chi connectivity index (χ0n) is 13.2. The molecule has 22 heavy (non-hydrogen) atoms. The number of rotatable bonds is 6. The monoisotopic (exact) mass is 301 g/mol. The van der Waals surface area contributed by atoms with Crippen molar-refractivity contribution in [1.82, 2.24) is 14.9 Å². The molecule has 0 bridgehead atoms. The maximum Gasteiger partial charge on any atom is 0.213 e. The summed E-state index contributed by atoms with van der Waals surface area (Å²) < 4.78 is 13.5. The Morgan fingerprint density at radius 2 is 2.18 bits per heavy atom. The minimum atomic E-state index is -0.408. The van der Waals surface area contributed by atoms with Crippen LogP contribution in [0.15, 0.2) is 30.5 Å². The number of hydrogen-bond acceptors (Lipinski definition) is 2. The van der Waals surface area contributed by atoms with Gasteiger partial charge in [0, 0.05) is 24.3 Å². The van der Waals surface area contributed by atoms with Gasteiger partial charge in [0.1, 0.15) is 0 Å².